The first-order chi connectivity index (χ1) is 13.4. The van der Waals surface area contributed by atoms with Crippen LogP contribution >= 0.6 is 0 Å². The van der Waals surface area contributed by atoms with Gasteiger partial charge in [-0.1, -0.05) is 12.1 Å². The fourth-order valence-corrected chi connectivity index (χ4v) is 4.33. The van der Waals surface area contributed by atoms with E-state index in [0.717, 1.165) is 12.1 Å². The summed E-state index contributed by atoms with van der Waals surface area (Å²) in [4.78, 5) is 0.0458. The molecular formula is C18H20F3N5O2S. The molecule has 3 aromatic rings. The molecule has 0 amide bonds. The van der Waals surface area contributed by atoms with Crippen molar-refractivity contribution in [3.05, 3.63) is 58.7 Å². The average Bonchev–Trinajstić information content (AvgIpc) is 3.09. The third-order valence-corrected chi connectivity index (χ3v) is 6.14. The standard InChI is InChI=1S/C18H20F3N5O2S/c1-11-17(24-29(27,28)16-9-22-25(4)12(16)2)13(3)26(23-11)10-14-6-5-7-15(8-14)18(19,20)21/h5-9,24H,10H2,1-4H3. The quantitative estimate of drug-likeness (QED) is 0.677. The molecule has 7 nitrogen and oxygen atoms in total. The molecule has 0 atom stereocenters. The summed E-state index contributed by atoms with van der Waals surface area (Å²) >= 11 is 0. The monoisotopic (exact) mass is 427 g/mol. The van der Waals surface area contributed by atoms with E-state index >= 15 is 0 Å². The predicted octanol–water partition coefficient (Wildman–Crippen LogP) is 3.41. The van der Waals surface area contributed by atoms with Crippen molar-refractivity contribution in [2.24, 2.45) is 7.05 Å². The Labute approximate surface area is 166 Å². The van der Waals surface area contributed by atoms with Gasteiger partial charge in [0, 0.05) is 7.05 Å². The Morgan fingerprint density at radius 3 is 2.41 bits per heavy atom. The van der Waals surface area contributed by atoms with Crippen LogP contribution in [0.4, 0.5) is 18.9 Å². The van der Waals surface area contributed by atoms with Crippen molar-refractivity contribution in [1.82, 2.24) is 19.6 Å². The lowest BCUT2D eigenvalue weighted by molar-refractivity contribution is -0.137. The van der Waals surface area contributed by atoms with E-state index in [1.807, 2.05) is 0 Å². The summed E-state index contributed by atoms with van der Waals surface area (Å²) in [6, 6.07) is 4.95. The Hall–Kier alpha value is -2.82. The molecule has 0 aliphatic carbocycles. The summed E-state index contributed by atoms with van der Waals surface area (Å²) < 4.78 is 69.7. The Morgan fingerprint density at radius 2 is 1.83 bits per heavy atom. The molecule has 2 heterocycles. The third-order valence-electron chi connectivity index (χ3n) is 4.68. The molecule has 0 aliphatic heterocycles. The summed E-state index contributed by atoms with van der Waals surface area (Å²) in [5, 5.41) is 8.23. The van der Waals surface area contributed by atoms with Crippen molar-refractivity contribution in [2.75, 3.05) is 4.72 Å². The van der Waals surface area contributed by atoms with E-state index in [0.29, 0.717) is 28.3 Å². The zero-order valence-electron chi connectivity index (χ0n) is 16.2. The number of nitrogens with zero attached hydrogens (tertiary/aromatic N) is 4. The van der Waals surface area contributed by atoms with Gasteiger partial charge in [-0.15, -0.1) is 0 Å². The smallest absolute Gasteiger partial charge is 0.276 e. The summed E-state index contributed by atoms with van der Waals surface area (Å²) in [6.45, 7) is 4.99. The zero-order chi connectivity index (χ0) is 21.6. The van der Waals surface area contributed by atoms with Crippen LogP contribution < -0.4 is 4.72 Å². The van der Waals surface area contributed by atoms with Crippen LogP contribution in [0.1, 0.15) is 28.2 Å². The first-order valence-electron chi connectivity index (χ1n) is 8.61. The molecule has 2 aromatic heterocycles. The van der Waals surface area contributed by atoms with Crippen LogP contribution in [0.25, 0.3) is 0 Å². The minimum atomic E-state index is -4.44. The number of alkyl halides is 3. The number of hydrogen-bond donors (Lipinski definition) is 1. The fourth-order valence-electron chi connectivity index (χ4n) is 2.95. The third kappa shape index (κ3) is 4.14. The second kappa shape index (κ2) is 7.21. The molecule has 0 saturated carbocycles. The minimum Gasteiger partial charge on any atom is -0.276 e. The lowest BCUT2D eigenvalue weighted by Crippen LogP contribution is -2.15. The number of rotatable bonds is 5. The van der Waals surface area contributed by atoms with Gasteiger partial charge >= 0.3 is 6.18 Å². The van der Waals surface area contributed by atoms with Crippen LogP contribution in [0, 0.1) is 20.8 Å². The van der Waals surface area contributed by atoms with Gasteiger partial charge in [0.25, 0.3) is 10.0 Å². The molecule has 0 spiro atoms. The summed E-state index contributed by atoms with van der Waals surface area (Å²) in [6.07, 6.45) is -3.18. The number of aromatic nitrogens is 4. The fraction of sp³-hybridized carbons (Fsp3) is 0.333. The summed E-state index contributed by atoms with van der Waals surface area (Å²) in [5.74, 6) is 0. The maximum absolute atomic E-state index is 12.9. The topological polar surface area (TPSA) is 81.8 Å². The molecular weight excluding hydrogens is 407 g/mol. The number of nitrogens with one attached hydrogen (secondary N) is 1. The molecule has 0 fully saturated rings. The van der Waals surface area contributed by atoms with Gasteiger partial charge in [-0.3, -0.25) is 14.1 Å². The van der Waals surface area contributed by atoms with E-state index in [-0.39, 0.29) is 11.4 Å². The highest BCUT2D eigenvalue weighted by Crippen LogP contribution is 2.30. The van der Waals surface area contributed by atoms with Gasteiger partial charge in [-0.2, -0.15) is 23.4 Å². The average molecular weight is 427 g/mol. The van der Waals surface area contributed by atoms with Gasteiger partial charge in [0.1, 0.15) is 4.90 Å². The normalized spacial score (nSPS) is 12.4. The molecule has 0 aliphatic rings. The van der Waals surface area contributed by atoms with Gasteiger partial charge in [0.15, 0.2) is 0 Å². The number of aryl methyl sites for hydroxylation is 2. The molecule has 0 saturated heterocycles. The van der Waals surface area contributed by atoms with Crippen molar-refractivity contribution in [1.29, 1.82) is 0 Å². The molecule has 3 rings (SSSR count). The van der Waals surface area contributed by atoms with Crippen LogP contribution in [-0.2, 0) is 29.8 Å². The minimum absolute atomic E-state index is 0.0458. The molecule has 1 aromatic carbocycles. The first-order valence-corrected chi connectivity index (χ1v) is 10.1. The number of hydrogen-bond acceptors (Lipinski definition) is 4. The van der Waals surface area contributed by atoms with Crippen molar-refractivity contribution < 1.29 is 21.6 Å². The zero-order valence-corrected chi connectivity index (χ0v) is 17.1. The van der Waals surface area contributed by atoms with Gasteiger partial charge < -0.3 is 0 Å². The van der Waals surface area contributed by atoms with E-state index < -0.39 is 21.8 Å². The number of benzene rings is 1. The van der Waals surface area contributed by atoms with Gasteiger partial charge in [0.2, 0.25) is 0 Å². The highest BCUT2D eigenvalue weighted by atomic mass is 32.2. The molecule has 0 unspecified atom stereocenters. The van der Waals surface area contributed by atoms with Crippen molar-refractivity contribution >= 4 is 15.7 Å². The predicted molar refractivity (Wildman–Crippen MR) is 101 cm³/mol. The van der Waals surface area contributed by atoms with Crippen molar-refractivity contribution in [3.63, 3.8) is 0 Å². The van der Waals surface area contributed by atoms with E-state index in [4.69, 9.17) is 0 Å². The molecule has 29 heavy (non-hydrogen) atoms. The molecule has 0 radical (unpaired) electrons. The number of sulfonamides is 1. The first kappa shape index (κ1) is 20.9. The second-order valence-electron chi connectivity index (χ2n) is 6.72. The van der Waals surface area contributed by atoms with Crippen LogP contribution in [0.2, 0.25) is 0 Å². The van der Waals surface area contributed by atoms with Crippen LogP contribution in [0.5, 0.6) is 0 Å². The van der Waals surface area contributed by atoms with E-state index in [1.165, 1.54) is 21.6 Å². The summed E-state index contributed by atoms with van der Waals surface area (Å²) in [5.41, 5.74) is 1.33. The van der Waals surface area contributed by atoms with E-state index in [2.05, 4.69) is 14.9 Å². The second-order valence-corrected chi connectivity index (χ2v) is 8.38. The van der Waals surface area contributed by atoms with Crippen LogP contribution in [0.3, 0.4) is 0 Å². The maximum Gasteiger partial charge on any atom is 0.416 e. The number of halogens is 3. The van der Waals surface area contributed by atoms with E-state index in [1.54, 1.807) is 33.9 Å². The Kier molecular flexibility index (Phi) is 5.20. The highest BCUT2D eigenvalue weighted by molar-refractivity contribution is 7.92. The van der Waals surface area contributed by atoms with Gasteiger partial charge in [-0.25, -0.2) is 8.42 Å². The molecule has 1 N–H and O–H groups in total. The number of anilines is 1. The Morgan fingerprint density at radius 1 is 1.14 bits per heavy atom. The largest absolute Gasteiger partial charge is 0.416 e. The summed E-state index contributed by atoms with van der Waals surface area (Å²) in [7, 11) is -2.25. The van der Waals surface area contributed by atoms with Crippen LogP contribution in [-0.4, -0.2) is 28.0 Å². The lowest BCUT2D eigenvalue weighted by atomic mass is 10.1. The van der Waals surface area contributed by atoms with Crippen LogP contribution in [0.15, 0.2) is 35.4 Å². The molecule has 11 heteroatoms. The van der Waals surface area contributed by atoms with Crippen molar-refractivity contribution in [2.45, 2.75) is 38.4 Å². The molecule has 156 valence electrons. The van der Waals surface area contributed by atoms with Crippen molar-refractivity contribution in [3.8, 4) is 0 Å². The Balaban J connectivity index is 1.91. The Bertz CT molecular complexity index is 1160. The molecule has 0 bridgehead atoms. The lowest BCUT2D eigenvalue weighted by Gasteiger charge is -2.11. The SMILES string of the molecule is Cc1nn(Cc2cccc(C(F)(F)F)c2)c(C)c1NS(=O)(=O)c1cnn(C)c1C. The highest BCUT2D eigenvalue weighted by Gasteiger charge is 2.30. The van der Waals surface area contributed by atoms with Gasteiger partial charge in [0.05, 0.1) is 41.1 Å². The maximum atomic E-state index is 12.9. The van der Waals surface area contributed by atoms with Gasteiger partial charge in [-0.05, 0) is 38.5 Å². The van der Waals surface area contributed by atoms with E-state index in [9.17, 15) is 21.6 Å².